The lowest BCUT2D eigenvalue weighted by Crippen LogP contribution is -2.43. The molecule has 3 aromatic carbocycles. The monoisotopic (exact) mass is 546 g/mol. The van der Waals surface area contributed by atoms with Crippen molar-refractivity contribution in [2.45, 2.75) is 20.4 Å². The van der Waals surface area contributed by atoms with Gasteiger partial charge in [-0.2, -0.15) is 4.41 Å². The summed E-state index contributed by atoms with van der Waals surface area (Å²) in [5, 5.41) is 0.624. The van der Waals surface area contributed by atoms with E-state index < -0.39 is 17.2 Å². The van der Waals surface area contributed by atoms with E-state index in [9.17, 15) is 13.6 Å². The molecule has 0 bridgehead atoms. The topological polar surface area (TPSA) is 87.5 Å². The lowest BCUT2D eigenvalue weighted by molar-refractivity contribution is 0.0955. The largest absolute Gasteiger partial charge is 0.324 e. The molecule has 1 atom stereocenters. The number of amides is 1. The molecule has 0 aliphatic heterocycles. The van der Waals surface area contributed by atoms with E-state index in [4.69, 9.17) is 11.6 Å². The molecule has 1 heterocycles. The van der Waals surface area contributed by atoms with E-state index in [0.717, 1.165) is 36.9 Å². The summed E-state index contributed by atoms with van der Waals surface area (Å²) in [6, 6.07) is 17.7. The number of hydrazine groups is 1. The van der Waals surface area contributed by atoms with Gasteiger partial charge in [-0.1, -0.05) is 51.3 Å². The smallest absolute Gasteiger partial charge is 0.281 e. The molecule has 170 valence electrons. The van der Waals surface area contributed by atoms with Gasteiger partial charge >= 0.3 is 0 Å². The van der Waals surface area contributed by atoms with Crippen LogP contribution in [0, 0.1) is 13.8 Å². The van der Waals surface area contributed by atoms with Crippen LogP contribution < -0.4 is 9.84 Å². The number of aromatic nitrogens is 2. The van der Waals surface area contributed by atoms with Crippen LogP contribution in [0.3, 0.4) is 0 Å². The Labute approximate surface area is 206 Å². The molecule has 1 amide bonds. The second-order valence-electron chi connectivity index (χ2n) is 7.49. The zero-order chi connectivity index (χ0) is 23.7. The minimum atomic E-state index is -2.45. The number of hydrogen-bond acceptors (Lipinski definition) is 3. The Morgan fingerprint density at radius 2 is 1.88 bits per heavy atom. The summed E-state index contributed by atoms with van der Waals surface area (Å²) in [4.78, 5) is 17.5. The number of rotatable bonds is 6. The maximum absolute atomic E-state index is 13.0. The maximum atomic E-state index is 13.0. The number of anilines is 1. The third-order valence-corrected chi connectivity index (χ3v) is 6.63. The van der Waals surface area contributed by atoms with Crippen molar-refractivity contribution in [2.75, 3.05) is 4.41 Å². The second-order valence-corrected chi connectivity index (χ2v) is 9.64. The van der Waals surface area contributed by atoms with E-state index in [2.05, 4.69) is 26.3 Å². The maximum Gasteiger partial charge on any atom is 0.281 e. The van der Waals surface area contributed by atoms with E-state index in [1.165, 1.54) is 0 Å². The van der Waals surface area contributed by atoms with Crippen LogP contribution in [-0.4, -0.2) is 24.2 Å². The number of aryl methyl sites for hydroxylation is 2. The van der Waals surface area contributed by atoms with E-state index in [0.29, 0.717) is 22.8 Å². The lowest BCUT2D eigenvalue weighted by atomic mass is 10.1. The van der Waals surface area contributed by atoms with Gasteiger partial charge in [0.1, 0.15) is 5.82 Å². The normalized spacial score (nSPS) is 12.0. The van der Waals surface area contributed by atoms with E-state index in [1.54, 1.807) is 42.5 Å². The van der Waals surface area contributed by atoms with Crippen molar-refractivity contribution in [1.82, 2.24) is 15.0 Å². The fourth-order valence-corrected chi connectivity index (χ4v) is 4.63. The molecule has 0 aliphatic rings. The number of fused-ring (bicyclic) bond motifs is 1. The first-order chi connectivity index (χ1) is 15.7. The van der Waals surface area contributed by atoms with Gasteiger partial charge in [-0.3, -0.25) is 9.35 Å². The number of imidazole rings is 1. The number of halogens is 2. The van der Waals surface area contributed by atoms with Gasteiger partial charge in [0.2, 0.25) is 0 Å². The first-order valence-electron chi connectivity index (χ1n) is 9.92. The molecule has 0 radical (unpaired) electrons. The van der Waals surface area contributed by atoms with E-state index >= 15 is 0 Å². The summed E-state index contributed by atoms with van der Waals surface area (Å²) in [6.45, 7) is 4.28. The summed E-state index contributed by atoms with van der Waals surface area (Å²) in [7, 11) is 0. The van der Waals surface area contributed by atoms with Crippen LogP contribution in [0.2, 0.25) is 5.02 Å². The van der Waals surface area contributed by atoms with Crippen LogP contribution in [0.15, 0.2) is 65.1 Å². The molecule has 1 aromatic heterocycles. The standard InChI is InChI=1S/C23H20BrClN4O3S/c1-14-3-8-19(9-4-14)29(33(31)32)27-23(30)16-6-10-21-22(11-16)28(15(2)26-21)13-17-5-7-18(24)12-20(17)25/h3-12H,13H2,1-2H3,(H,27,30)(H,31,32). The zero-order valence-corrected chi connectivity index (χ0v) is 20.9. The van der Waals surface area contributed by atoms with Crippen LogP contribution in [0.4, 0.5) is 5.69 Å². The molecule has 0 fully saturated rings. The van der Waals surface area contributed by atoms with Crippen LogP contribution in [0.1, 0.15) is 27.3 Å². The van der Waals surface area contributed by atoms with Gasteiger partial charge in [0.05, 0.1) is 23.3 Å². The van der Waals surface area contributed by atoms with Gasteiger partial charge in [0.25, 0.3) is 17.2 Å². The molecule has 0 spiro atoms. The molecule has 0 saturated carbocycles. The SMILES string of the molecule is Cc1ccc(N(NC(=O)c2ccc3nc(C)n(Cc4ccc(Br)cc4Cl)c3c2)S(=O)O)cc1. The Hall–Kier alpha value is -2.72. The predicted octanol–water partition coefficient (Wildman–Crippen LogP) is 5.41. The number of nitrogens with zero attached hydrogens (tertiary/aromatic N) is 3. The fourth-order valence-electron chi connectivity index (χ4n) is 3.43. The Morgan fingerprint density at radius 1 is 1.15 bits per heavy atom. The van der Waals surface area contributed by atoms with Gasteiger partial charge in [0, 0.05) is 15.1 Å². The molecule has 7 nitrogen and oxygen atoms in total. The van der Waals surface area contributed by atoms with Crippen LogP contribution in [-0.2, 0) is 17.8 Å². The van der Waals surface area contributed by atoms with Crippen molar-refractivity contribution < 1.29 is 13.6 Å². The number of carbonyl (C=O) groups is 1. The number of nitrogens with one attached hydrogen (secondary N) is 1. The minimum absolute atomic E-state index is 0.327. The average Bonchev–Trinajstić information content (AvgIpc) is 3.08. The fraction of sp³-hybridized carbons (Fsp3) is 0.130. The molecule has 10 heteroatoms. The molecular weight excluding hydrogens is 528 g/mol. The Morgan fingerprint density at radius 3 is 2.55 bits per heavy atom. The van der Waals surface area contributed by atoms with E-state index in [1.807, 2.05) is 36.6 Å². The molecule has 4 rings (SSSR count). The quantitative estimate of drug-likeness (QED) is 0.250. The summed E-state index contributed by atoms with van der Waals surface area (Å²) in [5.41, 5.74) is 6.63. The summed E-state index contributed by atoms with van der Waals surface area (Å²) >= 11 is 7.36. The first-order valence-corrected chi connectivity index (χ1v) is 12.2. The Bertz CT molecular complexity index is 1370. The van der Waals surface area contributed by atoms with Gasteiger partial charge in [-0.05, 0) is 61.9 Å². The summed E-state index contributed by atoms with van der Waals surface area (Å²) in [5.74, 6) is 0.256. The van der Waals surface area contributed by atoms with Gasteiger partial charge in [-0.25, -0.2) is 14.6 Å². The first kappa shape index (κ1) is 23.4. The highest BCUT2D eigenvalue weighted by atomic mass is 79.9. The van der Waals surface area contributed by atoms with Crippen molar-refractivity contribution in [3.63, 3.8) is 0 Å². The molecule has 1 unspecified atom stereocenters. The third kappa shape index (κ3) is 5.11. The molecule has 0 aliphatic carbocycles. The molecule has 4 aromatic rings. The van der Waals surface area contributed by atoms with Crippen LogP contribution in [0.5, 0.6) is 0 Å². The van der Waals surface area contributed by atoms with Crippen LogP contribution >= 0.6 is 27.5 Å². The molecule has 0 saturated heterocycles. The number of benzene rings is 3. The molecule has 2 N–H and O–H groups in total. The number of hydrogen-bond donors (Lipinski definition) is 2. The lowest BCUT2D eigenvalue weighted by Gasteiger charge is -2.20. The van der Waals surface area contributed by atoms with Crippen molar-refractivity contribution in [3.8, 4) is 0 Å². The number of carbonyl (C=O) groups excluding carboxylic acids is 1. The summed E-state index contributed by atoms with van der Waals surface area (Å²) in [6.07, 6.45) is 0. The van der Waals surface area contributed by atoms with Crippen molar-refractivity contribution in [1.29, 1.82) is 0 Å². The van der Waals surface area contributed by atoms with Gasteiger partial charge < -0.3 is 4.57 Å². The zero-order valence-electron chi connectivity index (χ0n) is 17.8. The highest BCUT2D eigenvalue weighted by Crippen LogP contribution is 2.25. The Kier molecular flexibility index (Phi) is 6.85. The second kappa shape index (κ2) is 9.64. The third-order valence-electron chi connectivity index (χ3n) is 5.17. The molecular formula is C23H20BrClN4O3S. The predicted molar refractivity (Wildman–Crippen MR) is 135 cm³/mol. The van der Waals surface area contributed by atoms with E-state index in [-0.39, 0.29) is 0 Å². The highest BCUT2D eigenvalue weighted by Gasteiger charge is 2.18. The average molecular weight is 548 g/mol. The highest BCUT2D eigenvalue weighted by molar-refractivity contribution is 9.10. The minimum Gasteiger partial charge on any atom is -0.324 e. The Balaban J connectivity index is 1.65. The molecule has 33 heavy (non-hydrogen) atoms. The van der Waals surface area contributed by atoms with Gasteiger partial charge in [0.15, 0.2) is 0 Å². The van der Waals surface area contributed by atoms with Crippen molar-refractivity contribution in [3.05, 3.63) is 92.7 Å². The van der Waals surface area contributed by atoms with Crippen LogP contribution in [0.25, 0.3) is 11.0 Å². The van der Waals surface area contributed by atoms with Crippen molar-refractivity contribution in [2.24, 2.45) is 0 Å². The van der Waals surface area contributed by atoms with Crippen molar-refractivity contribution >= 4 is 61.4 Å². The summed E-state index contributed by atoms with van der Waals surface area (Å²) < 4.78 is 25.4. The van der Waals surface area contributed by atoms with Gasteiger partial charge in [-0.15, -0.1) is 0 Å².